The summed E-state index contributed by atoms with van der Waals surface area (Å²) >= 11 is 0. The maximum absolute atomic E-state index is 12.8. The minimum absolute atomic E-state index is 0.0160. The molecule has 1 aliphatic rings. The number of Topliss-reactive ketones (excluding diaryl/α,β-unsaturated/α-hetero) is 1. The number of carbonyl (C=O) groups is 3. The lowest BCUT2D eigenvalue weighted by molar-refractivity contribution is -0.146. The van der Waals surface area contributed by atoms with Gasteiger partial charge in [-0.1, -0.05) is 18.6 Å². The van der Waals surface area contributed by atoms with Crippen molar-refractivity contribution in [2.45, 2.75) is 39.7 Å². The fourth-order valence-corrected chi connectivity index (χ4v) is 2.55. The zero-order valence-corrected chi connectivity index (χ0v) is 14.3. The molecule has 0 aromatic heterocycles. The van der Waals surface area contributed by atoms with Gasteiger partial charge in [-0.15, -0.1) is 0 Å². The number of phenols is 2. The lowest BCUT2D eigenvalue weighted by Gasteiger charge is -2.23. The molecule has 2 rings (SSSR count). The summed E-state index contributed by atoms with van der Waals surface area (Å²) in [7, 11) is 0. The highest BCUT2D eigenvalue weighted by Gasteiger charge is 2.35. The van der Waals surface area contributed by atoms with Gasteiger partial charge in [-0.25, -0.2) is 0 Å². The van der Waals surface area contributed by atoms with Crippen LogP contribution in [-0.4, -0.2) is 33.9 Å². The lowest BCUT2D eigenvalue weighted by Crippen LogP contribution is -2.29. The molecule has 0 radical (unpaired) electrons. The molecule has 1 unspecified atom stereocenters. The first-order valence-electron chi connectivity index (χ1n) is 7.94. The Morgan fingerprint density at radius 1 is 1.16 bits per heavy atom. The molecule has 0 heterocycles. The van der Waals surface area contributed by atoms with Gasteiger partial charge in [0.1, 0.15) is 17.6 Å². The Bertz CT molecular complexity index is 796. The Labute approximate surface area is 145 Å². The number of hydrogen-bond donors (Lipinski definition) is 2. The van der Waals surface area contributed by atoms with E-state index in [1.165, 1.54) is 0 Å². The Morgan fingerprint density at radius 3 is 2.32 bits per heavy atom. The maximum Gasteiger partial charge on any atom is 0.306 e. The van der Waals surface area contributed by atoms with Gasteiger partial charge in [-0.2, -0.15) is 0 Å². The second kappa shape index (κ2) is 7.34. The van der Waals surface area contributed by atoms with Crippen LogP contribution in [0.3, 0.4) is 0 Å². The molecule has 0 fully saturated rings. The third-order valence-electron chi connectivity index (χ3n) is 3.83. The van der Waals surface area contributed by atoms with Gasteiger partial charge in [-0.05, 0) is 32.1 Å². The molecule has 1 aromatic rings. The summed E-state index contributed by atoms with van der Waals surface area (Å²) in [5.41, 5.74) is 0.445. The van der Waals surface area contributed by atoms with Gasteiger partial charge in [0, 0.05) is 18.4 Å². The topological polar surface area (TPSA) is 101 Å². The zero-order chi connectivity index (χ0) is 18.7. The van der Waals surface area contributed by atoms with Gasteiger partial charge < -0.3 is 14.9 Å². The molecular formula is C19H20O6. The molecule has 0 saturated carbocycles. The van der Waals surface area contributed by atoms with E-state index in [1.807, 2.05) is 13.8 Å². The van der Waals surface area contributed by atoms with Crippen molar-refractivity contribution in [1.82, 2.24) is 0 Å². The number of allylic oxidation sites excluding steroid dienone is 2. The quantitative estimate of drug-likeness (QED) is 0.484. The third kappa shape index (κ3) is 3.79. The van der Waals surface area contributed by atoms with E-state index in [9.17, 15) is 24.6 Å². The summed E-state index contributed by atoms with van der Waals surface area (Å²) in [6.45, 7) is 5.35. The average molecular weight is 344 g/mol. The Hall–Kier alpha value is -2.89. The first-order chi connectivity index (χ1) is 11.8. The fraction of sp³-hybridized carbons (Fsp3) is 0.316. The molecule has 6 nitrogen and oxygen atoms in total. The van der Waals surface area contributed by atoms with Crippen molar-refractivity contribution in [3.05, 3.63) is 46.6 Å². The normalized spacial score (nSPS) is 14.4. The van der Waals surface area contributed by atoms with Crippen molar-refractivity contribution in [2.75, 3.05) is 0 Å². The molecular weight excluding hydrogens is 324 g/mol. The molecule has 0 spiro atoms. The number of carbonyl (C=O) groups excluding carboxylic acids is 3. The summed E-state index contributed by atoms with van der Waals surface area (Å²) in [4.78, 5) is 36.9. The van der Waals surface area contributed by atoms with Crippen LogP contribution in [-0.2, 0) is 9.53 Å². The largest absolute Gasteiger partial charge is 0.507 e. The summed E-state index contributed by atoms with van der Waals surface area (Å²) in [5.74, 6) is -2.54. The lowest BCUT2D eigenvalue weighted by atomic mass is 9.85. The van der Waals surface area contributed by atoms with Crippen molar-refractivity contribution in [3.63, 3.8) is 0 Å². The molecule has 0 saturated heterocycles. The molecule has 0 aliphatic heterocycles. The van der Waals surface area contributed by atoms with Crippen LogP contribution in [0.25, 0.3) is 0 Å². The molecule has 1 aromatic carbocycles. The van der Waals surface area contributed by atoms with Crippen LogP contribution >= 0.6 is 0 Å². The number of rotatable bonds is 5. The molecule has 132 valence electrons. The number of hydrogen-bond acceptors (Lipinski definition) is 6. The van der Waals surface area contributed by atoms with Gasteiger partial charge in [0.25, 0.3) is 0 Å². The molecule has 6 heteroatoms. The van der Waals surface area contributed by atoms with E-state index >= 15 is 0 Å². The number of ether oxygens (including phenoxy) is 1. The molecule has 2 N–H and O–H groups in total. The van der Waals surface area contributed by atoms with Crippen LogP contribution in [0, 0.1) is 0 Å². The zero-order valence-electron chi connectivity index (χ0n) is 14.3. The van der Waals surface area contributed by atoms with Crippen molar-refractivity contribution >= 4 is 17.5 Å². The first kappa shape index (κ1) is 18.4. The van der Waals surface area contributed by atoms with Crippen molar-refractivity contribution in [2.24, 2.45) is 0 Å². The fourth-order valence-electron chi connectivity index (χ4n) is 2.55. The second-order valence-electron chi connectivity index (χ2n) is 6.00. The van der Waals surface area contributed by atoms with Crippen LogP contribution in [0.4, 0.5) is 0 Å². The van der Waals surface area contributed by atoms with Crippen molar-refractivity contribution < 1.29 is 29.3 Å². The number of ketones is 2. The minimum Gasteiger partial charge on any atom is -0.507 e. The first-order valence-corrected chi connectivity index (χ1v) is 7.94. The highest BCUT2D eigenvalue weighted by Crippen LogP contribution is 2.36. The van der Waals surface area contributed by atoms with Gasteiger partial charge in [0.2, 0.25) is 0 Å². The van der Waals surface area contributed by atoms with Gasteiger partial charge >= 0.3 is 5.97 Å². The van der Waals surface area contributed by atoms with Gasteiger partial charge in [0.05, 0.1) is 11.1 Å². The highest BCUT2D eigenvalue weighted by molar-refractivity contribution is 6.27. The van der Waals surface area contributed by atoms with E-state index in [4.69, 9.17) is 4.74 Å². The van der Waals surface area contributed by atoms with Gasteiger partial charge in [-0.3, -0.25) is 14.4 Å². The van der Waals surface area contributed by atoms with Crippen LogP contribution in [0.2, 0.25) is 0 Å². The SMILES string of the molecule is CCC(=O)OC(CC=C(C)C)C1=CC(=O)c2c(O)ccc(O)c2C1=O. The van der Waals surface area contributed by atoms with Crippen molar-refractivity contribution in [1.29, 1.82) is 0 Å². The molecule has 1 aliphatic carbocycles. The number of phenolic OH excluding ortho intramolecular Hbond substituents is 2. The Morgan fingerprint density at radius 2 is 1.76 bits per heavy atom. The predicted molar refractivity (Wildman–Crippen MR) is 90.7 cm³/mol. The predicted octanol–water partition coefficient (Wildman–Crippen LogP) is 3.08. The standard InChI is InChI=1S/C19H20O6/c1-4-16(23)25-15(8-5-10(2)3)11-9-14(22)17-12(20)6-7-13(21)18(17)19(11)24/h5-7,9,15,20-21H,4,8H2,1-3H3. The van der Waals surface area contributed by atoms with E-state index < -0.39 is 29.4 Å². The second-order valence-corrected chi connectivity index (χ2v) is 6.00. The molecule has 25 heavy (non-hydrogen) atoms. The summed E-state index contributed by atoms with van der Waals surface area (Å²) in [5, 5.41) is 19.8. The molecule has 0 amide bonds. The molecule has 1 atom stereocenters. The van der Waals surface area contributed by atoms with Crippen LogP contribution < -0.4 is 0 Å². The average Bonchev–Trinajstić information content (AvgIpc) is 2.56. The van der Waals surface area contributed by atoms with Gasteiger partial charge in [0.15, 0.2) is 11.6 Å². The number of aromatic hydroxyl groups is 2. The van der Waals surface area contributed by atoms with E-state index in [0.717, 1.165) is 23.8 Å². The summed E-state index contributed by atoms with van der Waals surface area (Å²) in [6, 6.07) is 2.29. The van der Waals surface area contributed by atoms with E-state index in [1.54, 1.807) is 13.0 Å². The van der Waals surface area contributed by atoms with E-state index in [-0.39, 0.29) is 35.3 Å². The minimum atomic E-state index is -0.936. The summed E-state index contributed by atoms with van der Waals surface area (Å²) in [6.07, 6.45) is 2.28. The van der Waals surface area contributed by atoms with Crippen LogP contribution in [0.5, 0.6) is 11.5 Å². The highest BCUT2D eigenvalue weighted by atomic mass is 16.5. The monoisotopic (exact) mass is 344 g/mol. The maximum atomic E-state index is 12.8. The molecule has 0 bridgehead atoms. The van der Waals surface area contributed by atoms with Crippen LogP contribution in [0.1, 0.15) is 54.3 Å². The van der Waals surface area contributed by atoms with E-state index in [0.29, 0.717) is 0 Å². The Balaban J connectivity index is 2.50. The number of fused-ring (bicyclic) bond motifs is 1. The van der Waals surface area contributed by atoms with Crippen molar-refractivity contribution in [3.8, 4) is 11.5 Å². The van der Waals surface area contributed by atoms with E-state index in [2.05, 4.69) is 0 Å². The number of esters is 1. The third-order valence-corrected chi connectivity index (χ3v) is 3.83. The summed E-state index contributed by atoms with van der Waals surface area (Å²) < 4.78 is 5.32. The smallest absolute Gasteiger partial charge is 0.306 e. The number of benzene rings is 1. The van der Waals surface area contributed by atoms with Crippen LogP contribution in [0.15, 0.2) is 35.4 Å². The Kier molecular flexibility index (Phi) is 5.41.